The summed E-state index contributed by atoms with van der Waals surface area (Å²) >= 11 is 1.33. The molecule has 0 amide bonds. The molecule has 1 aromatic heterocycles. The van der Waals surface area contributed by atoms with Crippen LogP contribution in [0.3, 0.4) is 0 Å². The van der Waals surface area contributed by atoms with Crippen molar-refractivity contribution >= 4 is 33.3 Å². The van der Waals surface area contributed by atoms with Crippen LogP contribution in [0.4, 0.5) is 0 Å². The molecule has 0 fully saturated rings. The Morgan fingerprint density at radius 2 is 2.15 bits per heavy atom. The van der Waals surface area contributed by atoms with Crippen molar-refractivity contribution in [3.8, 4) is 6.07 Å². The highest BCUT2D eigenvalue weighted by Crippen LogP contribution is 2.28. The lowest BCUT2D eigenvalue weighted by Gasteiger charge is -2.03. The number of para-hydroxylation sites is 1. The molecule has 5 nitrogen and oxygen atoms in total. The van der Waals surface area contributed by atoms with Gasteiger partial charge in [0.2, 0.25) is 0 Å². The van der Waals surface area contributed by atoms with Crippen LogP contribution in [0.2, 0.25) is 0 Å². The van der Waals surface area contributed by atoms with Crippen molar-refractivity contribution in [2.75, 3.05) is 7.11 Å². The quantitative estimate of drug-likeness (QED) is 0.789. The third-order valence-electron chi connectivity index (χ3n) is 2.81. The van der Waals surface area contributed by atoms with Crippen LogP contribution in [0.15, 0.2) is 24.3 Å². The van der Waals surface area contributed by atoms with Crippen LogP contribution in [-0.4, -0.2) is 23.8 Å². The summed E-state index contributed by atoms with van der Waals surface area (Å²) in [5, 5.41) is 9.65. The average Bonchev–Trinajstić information content (AvgIpc) is 2.88. The van der Waals surface area contributed by atoms with E-state index in [1.54, 1.807) is 0 Å². The van der Waals surface area contributed by atoms with E-state index in [9.17, 15) is 14.9 Å². The van der Waals surface area contributed by atoms with Crippen molar-refractivity contribution in [2.45, 2.75) is 18.8 Å². The maximum atomic E-state index is 12.0. The molecular weight excluding hydrogens is 276 g/mol. The summed E-state index contributed by atoms with van der Waals surface area (Å²) in [6.45, 7) is 0. The number of fused-ring (bicyclic) bond motifs is 1. The maximum absolute atomic E-state index is 12.0. The zero-order chi connectivity index (χ0) is 14.5. The van der Waals surface area contributed by atoms with Gasteiger partial charge in [0.1, 0.15) is 5.01 Å². The van der Waals surface area contributed by atoms with E-state index in [0.29, 0.717) is 5.01 Å². The number of esters is 1. The molecule has 0 saturated heterocycles. The molecule has 0 bridgehead atoms. The van der Waals surface area contributed by atoms with Crippen LogP contribution < -0.4 is 0 Å². The first-order valence-electron chi connectivity index (χ1n) is 6.00. The van der Waals surface area contributed by atoms with Crippen LogP contribution in [0.5, 0.6) is 0 Å². The van der Waals surface area contributed by atoms with Gasteiger partial charge in [-0.15, -0.1) is 11.3 Å². The van der Waals surface area contributed by atoms with Gasteiger partial charge in [0.25, 0.3) is 0 Å². The molecule has 0 radical (unpaired) electrons. The fourth-order valence-electron chi connectivity index (χ4n) is 1.75. The molecule has 1 aromatic carbocycles. The van der Waals surface area contributed by atoms with Gasteiger partial charge >= 0.3 is 5.97 Å². The first-order valence-corrected chi connectivity index (χ1v) is 6.82. The first-order chi connectivity index (χ1) is 9.65. The van der Waals surface area contributed by atoms with Crippen LogP contribution in [0.1, 0.15) is 23.8 Å². The van der Waals surface area contributed by atoms with Crippen molar-refractivity contribution in [1.82, 2.24) is 4.98 Å². The number of hydrogen-bond donors (Lipinski definition) is 0. The average molecular weight is 288 g/mol. The van der Waals surface area contributed by atoms with E-state index in [-0.39, 0.29) is 18.6 Å². The van der Waals surface area contributed by atoms with E-state index >= 15 is 0 Å². The van der Waals surface area contributed by atoms with Crippen molar-refractivity contribution in [3.05, 3.63) is 29.3 Å². The molecule has 2 rings (SSSR count). The topological polar surface area (TPSA) is 80.0 Å². The number of ketones is 1. The van der Waals surface area contributed by atoms with E-state index in [1.807, 2.05) is 30.3 Å². The number of thiazole rings is 1. The Hall–Kier alpha value is -2.26. The number of hydrogen-bond acceptors (Lipinski definition) is 6. The number of rotatable bonds is 5. The van der Waals surface area contributed by atoms with Gasteiger partial charge in [-0.3, -0.25) is 9.59 Å². The van der Waals surface area contributed by atoms with Crippen molar-refractivity contribution < 1.29 is 14.3 Å². The Bertz CT molecular complexity index is 654. The van der Waals surface area contributed by atoms with Gasteiger partial charge in [-0.1, -0.05) is 12.1 Å². The highest BCUT2D eigenvalue weighted by Gasteiger charge is 2.24. The van der Waals surface area contributed by atoms with Gasteiger partial charge < -0.3 is 4.74 Å². The predicted octanol–water partition coefficient (Wildman–Crippen LogP) is 2.43. The van der Waals surface area contributed by atoms with Gasteiger partial charge in [-0.25, -0.2) is 4.98 Å². The van der Waals surface area contributed by atoms with Crippen molar-refractivity contribution in [2.24, 2.45) is 0 Å². The van der Waals surface area contributed by atoms with Gasteiger partial charge in [0.15, 0.2) is 11.7 Å². The van der Waals surface area contributed by atoms with E-state index < -0.39 is 11.9 Å². The fourth-order valence-corrected chi connectivity index (χ4v) is 2.79. The SMILES string of the molecule is COC(=O)CCC(=O)[C@@H](C#N)c1nc2ccccc2s1. The smallest absolute Gasteiger partial charge is 0.305 e. The first kappa shape index (κ1) is 14.2. The summed E-state index contributed by atoms with van der Waals surface area (Å²) in [5.74, 6) is -1.69. The second-order valence-electron chi connectivity index (χ2n) is 4.12. The Kier molecular flexibility index (Phi) is 4.43. The Balaban J connectivity index is 2.17. The Labute approximate surface area is 119 Å². The normalized spacial score (nSPS) is 11.8. The van der Waals surface area contributed by atoms with E-state index in [2.05, 4.69) is 9.72 Å². The summed E-state index contributed by atoms with van der Waals surface area (Å²) in [7, 11) is 1.27. The van der Waals surface area contributed by atoms with Gasteiger partial charge in [0.05, 0.1) is 29.8 Å². The van der Waals surface area contributed by atoms with Crippen LogP contribution in [0, 0.1) is 11.3 Å². The third-order valence-corrected chi connectivity index (χ3v) is 3.91. The highest BCUT2D eigenvalue weighted by molar-refractivity contribution is 7.18. The molecule has 1 heterocycles. The number of Topliss-reactive ketones (excluding diaryl/α,β-unsaturated/α-hetero) is 1. The molecule has 1 atom stereocenters. The summed E-state index contributed by atoms with van der Waals surface area (Å²) in [6.07, 6.45) is -0.0285. The zero-order valence-corrected chi connectivity index (χ0v) is 11.6. The molecule has 0 spiro atoms. The standard InChI is InChI=1S/C14H12N2O3S/c1-19-13(18)7-6-11(17)9(8-15)14-16-10-4-2-3-5-12(10)20-14/h2-5,9H,6-7H2,1H3/t9-/m1/s1. The number of ether oxygens (including phenoxy) is 1. The molecule has 0 aliphatic heterocycles. The highest BCUT2D eigenvalue weighted by atomic mass is 32.1. The third kappa shape index (κ3) is 3.00. The summed E-state index contributed by atoms with van der Waals surface area (Å²) in [6, 6.07) is 9.43. The van der Waals surface area contributed by atoms with Crippen molar-refractivity contribution in [3.63, 3.8) is 0 Å². The molecule has 0 saturated carbocycles. The van der Waals surface area contributed by atoms with Crippen LogP contribution >= 0.6 is 11.3 Å². The second-order valence-corrected chi connectivity index (χ2v) is 5.19. The van der Waals surface area contributed by atoms with Gasteiger partial charge in [-0.05, 0) is 12.1 Å². The number of carbonyl (C=O) groups is 2. The number of carbonyl (C=O) groups excluding carboxylic acids is 2. The maximum Gasteiger partial charge on any atom is 0.305 e. The minimum Gasteiger partial charge on any atom is -0.469 e. The van der Waals surface area contributed by atoms with E-state index in [0.717, 1.165) is 10.2 Å². The largest absolute Gasteiger partial charge is 0.469 e. The summed E-state index contributed by atoms with van der Waals surface area (Å²) in [4.78, 5) is 27.4. The summed E-state index contributed by atoms with van der Waals surface area (Å²) < 4.78 is 5.41. The molecule has 0 aliphatic rings. The van der Waals surface area contributed by atoms with E-state index in [4.69, 9.17) is 0 Å². The van der Waals surface area contributed by atoms with Gasteiger partial charge in [0, 0.05) is 6.42 Å². The summed E-state index contributed by atoms with van der Waals surface area (Å²) in [5.41, 5.74) is 0.772. The Morgan fingerprint density at radius 3 is 2.80 bits per heavy atom. The molecular formula is C14H12N2O3S. The second kappa shape index (κ2) is 6.26. The zero-order valence-electron chi connectivity index (χ0n) is 10.8. The molecule has 102 valence electrons. The van der Waals surface area contributed by atoms with Crippen LogP contribution in [0.25, 0.3) is 10.2 Å². The number of benzene rings is 1. The van der Waals surface area contributed by atoms with Crippen molar-refractivity contribution in [1.29, 1.82) is 5.26 Å². The van der Waals surface area contributed by atoms with Gasteiger partial charge in [-0.2, -0.15) is 5.26 Å². The number of methoxy groups -OCH3 is 1. The molecule has 0 N–H and O–H groups in total. The molecule has 2 aromatic rings. The van der Waals surface area contributed by atoms with Crippen LogP contribution in [-0.2, 0) is 14.3 Å². The lowest BCUT2D eigenvalue weighted by atomic mass is 10.0. The molecule has 6 heteroatoms. The minimum atomic E-state index is -0.919. The monoisotopic (exact) mass is 288 g/mol. The lowest BCUT2D eigenvalue weighted by molar-refractivity contribution is -0.141. The fraction of sp³-hybridized carbons (Fsp3) is 0.286. The Morgan fingerprint density at radius 1 is 1.40 bits per heavy atom. The lowest BCUT2D eigenvalue weighted by Crippen LogP contribution is -2.13. The molecule has 20 heavy (non-hydrogen) atoms. The molecule has 0 unspecified atom stereocenters. The number of nitrogens with zero attached hydrogens (tertiary/aromatic N) is 2. The molecule has 0 aliphatic carbocycles. The predicted molar refractivity (Wildman–Crippen MR) is 74.2 cm³/mol. The number of aromatic nitrogens is 1. The van der Waals surface area contributed by atoms with E-state index in [1.165, 1.54) is 18.4 Å². The number of nitriles is 1. The minimum absolute atomic E-state index is 0.0131.